The van der Waals surface area contributed by atoms with E-state index in [4.69, 9.17) is 5.73 Å². The molecule has 2 aromatic carbocycles. The number of pyridine rings is 1. The monoisotopic (exact) mass is 469 g/mol. The van der Waals surface area contributed by atoms with Crippen LogP contribution >= 0.6 is 11.3 Å². The Balaban J connectivity index is 1.48. The molecule has 1 aliphatic rings. The average molecular weight is 470 g/mol. The van der Waals surface area contributed by atoms with E-state index in [0.717, 1.165) is 11.1 Å². The molecule has 4 aromatic rings. The number of hydrogen-bond acceptors (Lipinski definition) is 7. The van der Waals surface area contributed by atoms with E-state index in [1.165, 1.54) is 22.5 Å². The number of benzene rings is 2. The van der Waals surface area contributed by atoms with Gasteiger partial charge in [0, 0.05) is 41.1 Å². The molecule has 34 heavy (non-hydrogen) atoms. The van der Waals surface area contributed by atoms with Gasteiger partial charge in [0.2, 0.25) is 5.91 Å². The van der Waals surface area contributed by atoms with Gasteiger partial charge in [0.1, 0.15) is 15.6 Å². The van der Waals surface area contributed by atoms with Crippen molar-refractivity contribution in [2.24, 2.45) is 10.8 Å². The molecule has 0 bridgehead atoms. The molecule has 5 rings (SSSR count). The van der Waals surface area contributed by atoms with Crippen LogP contribution in [0.5, 0.6) is 5.75 Å². The van der Waals surface area contributed by atoms with Crippen molar-refractivity contribution in [2.75, 3.05) is 0 Å². The Morgan fingerprint density at radius 1 is 1.00 bits per heavy atom. The van der Waals surface area contributed by atoms with E-state index in [-0.39, 0.29) is 11.7 Å². The van der Waals surface area contributed by atoms with Crippen molar-refractivity contribution < 1.29 is 14.7 Å². The van der Waals surface area contributed by atoms with Crippen molar-refractivity contribution in [3.63, 3.8) is 0 Å². The second-order valence-electron chi connectivity index (χ2n) is 7.69. The Kier molecular flexibility index (Phi) is 5.60. The van der Waals surface area contributed by atoms with Gasteiger partial charge in [-0.25, -0.2) is 9.99 Å². The van der Waals surface area contributed by atoms with Crippen LogP contribution in [0.1, 0.15) is 43.6 Å². The summed E-state index contributed by atoms with van der Waals surface area (Å²) in [5.74, 6) is -0.717. The van der Waals surface area contributed by atoms with E-state index in [2.05, 4.69) is 15.1 Å². The van der Waals surface area contributed by atoms with Crippen LogP contribution in [0, 0.1) is 0 Å². The van der Waals surface area contributed by atoms with Gasteiger partial charge in [-0.1, -0.05) is 36.4 Å². The van der Waals surface area contributed by atoms with Crippen LogP contribution < -0.4 is 5.73 Å². The number of nitrogens with two attached hydrogens (primary N) is 1. The summed E-state index contributed by atoms with van der Waals surface area (Å²) in [6.45, 7) is 0. The van der Waals surface area contributed by atoms with Crippen molar-refractivity contribution in [3.05, 3.63) is 101 Å². The summed E-state index contributed by atoms with van der Waals surface area (Å²) >= 11 is 1.23. The van der Waals surface area contributed by atoms with Gasteiger partial charge in [0.15, 0.2) is 0 Å². The number of carbonyl (C=O) groups excluding carboxylic acids is 2. The number of hydrazone groups is 1. The molecule has 3 heterocycles. The van der Waals surface area contributed by atoms with Crippen LogP contribution in [0.15, 0.2) is 84.4 Å². The molecule has 2 amide bonds. The fraction of sp³-hybridized carbons (Fsp3) is 0.0800. The Bertz CT molecular complexity index is 1400. The highest BCUT2D eigenvalue weighted by molar-refractivity contribution is 7.16. The van der Waals surface area contributed by atoms with Crippen molar-refractivity contribution in [1.29, 1.82) is 0 Å². The lowest BCUT2D eigenvalue weighted by Gasteiger charge is -2.22. The zero-order valence-corrected chi connectivity index (χ0v) is 18.6. The summed E-state index contributed by atoms with van der Waals surface area (Å²) in [5.41, 5.74) is 8.62. The molecule has 0 saturated heterocycles. The molecule has 0 spiro atoms. The number of para-hydroxylation sites is 1. The van der Waals surface area contributed by atoms with Gasteiger partial charge < -0.3 is 10.8 Å². The van der Waals surface area contributed by atoms with Gasteiger partial charge in [0.25, 0.3) is 5.91 Å². The first kappa shape index (κ1) is 21.5. The molecule has 0 aliphatic carbocycles. The Labute approximate surface area is 199 Å². The second-order valence-corrected chi connectivity index (χ2v) is 8.72. The number of thiazole rings is 1. The van der Waals surface area contributed by atoms with Gasteiger partial charge >= 0.3 is 0 Å². The molecule has 0 radical (unpaired) electrons. The number of rotatable bonds is 5. The number of aromatic hydroxyl groups is 1. The standard InChI is InChI=1S/C25H19N5O3S/c26-23(32)15-7-9-16(10-8-15)24-28-14-22(34-24)25(33)30-20(18-5-1-2-6-21(18)31)12-19(29-30)17-4-3-11-27-13-17/h1-11,13-14,20,31H,12H2,(H2,26,32). The SMILES string of the molecule is NC(=O)c1ccc(-c2ncc(C(=O)N3N=C(c4cccnc4)CC3c3ccccc3O)s2)cc1. The number of phenolic OH excluding ortho intramolecular Hbond substituents is 1. The van der Waals surface area contributed by atoms with E-state index < -0.39 is 11.9 Å². The summed E-state index contributed by atoms with van der Waals surface area (Å²) < 4.78 is 0. The first-order valence-corrected chi connectivity index (χ1v) is 11.3. The van der Waals surface area contributed by atoms with Gasteiger partial charge in [-0.05, 0) is 24.3 Å². The molecule has 0 fully saturated rings. The Hall–Kier alpha value is -4.37. The van der Waals surface area contributed by atoms with Gasteiger partial charge in [-0.2, -0.15) is 5.10 Å². The zero-order valence-electron chi connectivity index (χ0n) is 17.8. The van der Waals surface area contributed by atoms with Crippen LogP contribution in [-0.2, 0) is 0 Å². The first-order valence-electron chi connectivity index (χ1n) is 10.5. The molecule has 8 nitrogen and oxygen atoms in total. The molecule has 168 valence electrons. The predicted octanol–water partition coefficient (Wildman–Crippen LogP) is 4.00. The minimum atomic E-state index is -0.506. The maximum absolute atomic E-state index is 13.5. The number of aromatic nitrogens is 2. The Morgan fingerprint density at radius 2 is 1.79 bits per heavy atom. The fourth-order valence-electron chi connectivity index (χ4n) is 3.81. The topological polar surface area (TPSA) is 122 Å². The van der Waals surface area contributed by atoms with E-state index in [1.54, 1.807) is 54.9 Å². The first-order chi connectivity index (χ1) is 16.5. The average Bonchev–Trinajstić information content (AvgIpc) is 3.53. The third-order valence-corrected chi connectivity index (χ3v) is 6.58. The summed E-state index contributed by atoms with van der Waals surface area (Å²) in [4.78, 5) is 33.8. The molecular weight excluding hydrogens is 450 g/mol. The number of amides is 2. The van der Waals surface area contributed by atoms with Crippen LogP contribution in [0.3, 0.4) is 0 Å². The minimum Gasteiger partial charge on any atom is -0.508 e. The quantitative estimate of drug-likeness (QED) is 0.457. The van der Waals surface area contributed by atoms with Crippen molar-refractivity contribution >= 4 is 28.9 Å². The third-order valence-electron chi connectivity index (χ3n) is 5.54. The van der Waals surface area contributed by atoms with E-state index in [0.29, 0.717) is 33.1 Å². The number of hydrogen-bond donors (Lipinski definition) is 2. The minimum absolute atomic E-state index is 0.104. The highest BCUT2D eigenvalue weighted by atomic mass is 32.1. The van der Waals surface area contributed by atoms with E-state index in [1.807, 2.05) is 18.2 Å². The lowest BCUT2D eigenvalue weighted by atomic mass is 9.98. The summed E-state index contributed by atoms with van der Waals surface area (Å²) in [7, 11) is 0. The number of carbonyl (C=O) groups is 2. The molecule has 1 atom stereocenters. The number of phenols is 1. The summed E-state index contributed by atoms with van der Waals surface area (Å²) in [5, 5.41) is 17.1. The molecular formula is C25H19N5O3S. The summed E-state index contributed by atoms with van der Waals surface area (Å²) in [6, 6.07) is 16.9. The molecule has 3 N–H and O–H groups in total. The maximum Gasteiger partial charge on any atom is 0.286 e. The lowest BCUT2D eigenvalue weighted by Crippen LogP contribution is -2.26. The molecule has 2 aromatic heterocycles. The fourth-order valence-corrected chi connectivity index (χ4v) is 4.67. The van der Waals surface area contributed by atoms with Crippen LogP contribution in [0.25, 0.3) is 10.6 Å². The van der Waals surface area contributed by atoms with E-state index in [9.17, 15) is 14.7 Å². The normalized spacial score (nSPS) is 15.2. The lowest BCUT2D eigenvalue weighted by molar-refractivity contribution is 0.0714. The van der Waals surface area contributed by atoms with Crippen molar-refractivity contribution in [3.8, 4) is 16.3 Å². The second kappa shape index (κ2) is 8.87. The maximum atomic E-state index is 13.5. The van der Waals surface area contributed by atoms with Gasteiger partial charge in [0.05, 0.1) is 18.0 Å². The van der Waals surface area contributed by atoms with Crippen molar-refractivity contribution in [1.82, 2.24) is 15.0 Å². The number of nitrogens with zero attached hydrogens (tertiary/aromatic N) is 4. The Morgan fingerprint density at radius 3 is 2.50 bits per heavy atom. The van der Waals surface area contributed by atoms with Crippen LogP contribution in [0.4, 0.5) is 0 Å². The highest BCUT2D eigenvalue weighted by Crippen LogP contribution is 2.38. The highest BCUT2D eigenvalue weighted by Gasteiger charge is 2.35. The molecule has 0 saturated carbocycles. The van der Waals surface area contributed by atoms with Gasteiger partial charge in [-0.3, -0.25) is 14.6 Å². The predicted molar refractivity (Wildman–Crippen MR) is 128 cm³/mol. The third kappa shape index (κ3) is 4.04. The largest absolute Gasteiger partial charge is 0.508 e. The smallest absolute Gasteiger partial charge is 0.286 e. The van der Waals surface area contributed by atoms with Crippen LogP contribution in [0.2, 0.25) is 0 Å². The molecule has 1 aliphatic heterocycles. The molecule has 9 heteroatoms. The van der Waals surface area contributed by atoms with Crippen molar-refractivity contribution in [2.45, 2.75) is 12.5 Å². The van der Waals surface area contributed by atoms with E-state index >= 15 is 0 Å². The summed E-state index contributed by atoms with van der Waals surface area (Å²) in [6.07, 6.45) is 5.34. The molecule has 1 unspecified atom stereocenters. The van der Waals surface area contributed by atoms with Gasteiger partial charge in [-0.15, -0.1) is 11.3 Å². The van der Waals surface area contributed by atoms with Crippen LogP contribution in [-0.4, -0.2) is 37.6 Å². The zero-order chi connectivity index (χ0) is 23.7. The number of primary amides is 1.